The number of carbonyl (C=O) groups is 1. The number of hydrogen-bond acceptors (Lipinski definition) is 2. The normalized spacial score (nSPS) is 47.7. The predicted molar refractivity (Wildman–Crippen MR) is 97.8 cm³/mol. The van der Waals surface area contributed by atoms with Crippen LogP contribution in [-0.2, 0) is 14.9 Å². The quantitative estimate of drug-likeness (QED) is 0.280. The standard InChI is InChI=1S/C22H25N2O2.HI/c1-24-8-7-22-15-4-2-3-5-16(15)23-19(25)11-17-20(21(22)23)14(10-18(22)24)13(12-24)6-9-26-17;/h2-6,14,17-18,20-21H,7-12H2,1H3;1H/q+1;/p-1/t14-,17?,18?,20+,21?,22-,24?;/m1./s1. The van der Waals surface area contributed by atoms with E-state index < -0.39 is 0 Å². The third-order valence-electron chi connectivity index (χ3n) is 8.91. The van der Waals surface area contributed by atoms with Gasteiger partial charge in [-0.1, -0.05) is 24.3 Å². The average molecular weight is 476 g/mol. The van der Waals surface area contributed by atoms with Crippen LogP contribution in [0.25, 0.3) is 0 Å². The minimum Gasteiger partial charge on any atom is -1.00 e. The van der Waals surface area contributed by atoms with Gasteiger partial charge in [0.15, 0.2) is 0 Å². The largest absolute Gasteiger partial charge is 1.00 e. The Labute approximate surface area is 177 Å². The molecule has 4 fully saturated rings. The number of benzene rings is 1. The lowest BCUT2D eigenvalue weighted by atomic mass is 9.53. The van der Waals surface area contributed by atoms with Crippen molar-refractivity contribution >= 4 is 11.6 Å². The fourth-order valence-corrected chi connectivity index (χ4v) is 8.14. The summed E-state index contributed by atoms with van der Waals surface area (Å²) in [6, 6.07) is 9.76. The Morgan fingerprint density at radius 2 is 2.15 bits per heavy atom. The van der Waals surface area contributed by atoms with Gasteiger partial charge in [0, 0.05) is 24.4 Å². The molecule has 1 spiro atoms. The van der Waals surface area contributed by atoms with Crippen molar-refractivity contribution in [1.29, 1.82) is 0 Å². The first-order valence-electron chi connectivity index (χ1n) is 10.2. The van der Waals surface area contributed by atoms with Crippen molar-refractivity contribution in [1.82, 2.24) is 0 Å². The Hall–Kier alpha value is -0.920. The number of nitrogens with zero attached hydrogens (tertiary/aromatic N) is 2. The van der Waals surface area contributed by atoms with E-state index in [-0.39, 0.29) is 41.4 Å². The molecule has 3 saturated heterocycles. The topological polar surface area (TPSA) is 29.5 Å². The van der Waals surface area contributed by atoms with Gasteiger partial charge >= 0.3 is 0 Å². The summed E-state index contributed by atoms with van der Waals surface area (Å²) in [4.78, 5) is 15.5. The highest BCUT2D eigenvalue weighted by molar-refractivity contribution is 5.99. The molecule has 1 aromatic carbocycles. The Morgan fingerprint density at radius 1 is 1.30 bits per heavy atom. The van der Waals surface area contributed by atoms with Crippen LogP contribution < -0.4 is 28.9 Å². The highest BCUT2D eigenvalue weighted by Gasteiger charge is 2.75. The molecule has 5 heteroatoms. The smallest absolute Gasteiger partial charge is 0.229 e. The molecule has 1 aliphatic carbocycles. The molecule has 4 nitrogen and oxygen atoms in total. The molecule has 0 aromatic heterocycles. The minimum atomic E-state index is 0. The summed E-state index contributed by atoms with van der Waals surface area (Å²) in [5.74, 6) is 1.36. The zero-order chi connectivity index (χ0) is 17.3. The fraction of sp³-hybridized carbons (Fsp3) is 0.591. The second-order valence-corrected chi connectivity index (χ2v) is 9.67. The summed E-state index contributed by atoms with van der Waals surface area (Å²) in [7, 11) is 2.47. The first-order chi connectivity index (χ1) is 12.6. The number of hydrogen-bond donors (Lipinski definition) is 0. The first-order valence-corrected chi connectivity index (χ1v) is 10.2. The summed E-state index contributed by atoms with van der Waals surface area (Å²) in [6.45, 7) is 3.12. The number of likely N-dealkylation sites (N-methyl/N-ethyl adjacent to an activating group) is 1. The number of amides is 1. The lowest BCUT2D eigenvalue weighted by molar-refractivity contribution is -0.925. The van der Waals surface area contributed by atoms with Gasteiger partial charge in [-0.15, -0.1) is 0 Å². The van der Waals surface area contributed by atoms with E-state index in [9.17, 15) is 4.79 Å². The second kappa shape index (κ2) is 5.16. The SMILES string of the molecule is C[N+]12CC[C@@]34c5ccccc5N5C(=O)CC6OCC=C(C1)[C@@H](CC32)[C@@H]6C54.[I-]. The van der Waals surface area contributed by atoms with Gasteiger partial charge < -0.3 is 38.1 Å². The molecule has 27 heavy (non-hydrogen) atoms. The molecule has 5 heterocycles. The Kier molecular flexibility index (Phi) is 3.25. The van der Waals surface area contributed by atoms with E-state index in [2.05, 4.69) is 42.3 Å². The molecular weight excluding hydrogens is 451 g/mol. The summed E-state index contributed by atoms with van der Waals surface area (Å²) in [6.07, 6.45) is 5.51. The third-order valence-corrected chi connectivity index (χ3v) is 8.91. The van der Waals surface area contributed by atoms with E-state index in [1.54, 1.807) is 5.57 Å². The number of piperidine rings is 2. The van der Waals surface area contributed by atoms with Crippen LogP contribution in [0.1, 0.15) is 24.8 Å². The molecule has 1 amide bonds. The van der Waals surface area contributed by atoms with Crippen molar-refractivity contribution in [2.75, 3.05) is 31.6 Å². The Bertz CT molecular complexity index is 900. The van der Waals surface area contributed by atoms with E-state index in [0.29, 0.717) is 36.9 Å². The van der Waals surface area contributed by atoms with Crippen LogP contribution in [0.3, 0.4) is 0 Å². The van der Waals surface area contributed by atoms with Crippen molar-refractivity contribution in [3.8, 4) is 0 Å². The van der Waals surface area contributed by atoms with Crippen molar-refractivity contribution in [2.45, 2.75) is 42.9 Å². The van der Waals surface area contributed by atoms with Gasteiger partial charge in [-0.05, 0) is 23.1 Å². The molecule has 2 bridgehead atoms. The Balaban J connectivity index is 0.00000146. The number of halogens is 1. The van der Waals surface area contributed by atoms with Crippen LogP contribution in [0, 0.1) is 11.8 Å². The van der Waals surface area contributed by atoms with Crippen molar-refractivity contribution in [2.24, 2.45) is 11.8 Å². The minimum absolute atomic E-state index is 0. The van der Waals surface area contributed by atoms with Crippen LogP contribution in [-0.4, -0.2) is 55.3 Å². The Morgan fingerprint density at radius 3 is 3.04 bits per heavy atom. The van der Waals surface area contributed by atoms with Crippen LogP contribution in [0.4, 0.5) is 5.69 Å². The number of fused-ring (bicyclic) bond motifs is 2. The van der Waals surface area contributed by atoms with E-state index in [1.165, 1.54) is 37.2 Å². The predicted octanol–water partition coefficient (Wildman–Crippen LogP) is -0.759. The van der Waals surface area contributed by atoms with Gasteiger partial charge in [-0.3, -0.25) is 4.79 Å². The molecule has 7 atom stereocenters. The summed E-state index contributed by atoms with van der Waals surface area (Å²) < 4.78 is 7.45. The van der Waals surface area contributed by atoms with Crippen molar-refractivity contribution in [3.63, 3.8) is 0 Å². The molecule has 0 radical (unpaired) electrons. The highest BCUT2D eigenvalue weighted by Crippen LogP contribution is 2.67. The number of carbonyl (C=O) groups excluding carboxylic acids is 1. The maximum atomic E-state index is 13.3. The molecule has 4 unspecified atom stereocenters. The second-order valence-electron chi connectivity index (χ2n) is 9.67. The molecule has 7 rings (SSSR count). The molecule has 6 aliphatic rings. The fourth-order valence-electron chi connectivity index (χ4n) is 8.14. The van der Waals surface area contributed by atoms with Crippen molar-refractivity contribution < 1.29 is 38.0 Å². The van der Waals surface area contributed by atoms with E-state index >= 15 is 0 Å². The third kappa shape index (κ3) is 1.72. The average Bonchev–Trinajstić information content (AvgIpc) is 3.05. The summed E-state index contributed by atoms with van der Waals surface area (Å²) in [5.41, 5.74) is 4.43. The van der Waals surface area contributed by atoms with Crippen LogP contribution >= 0.6 is 0 Å². The summed E-state index contributed by atoms with van der Waals surface area (Å²) in [5, 5.41) is 0. The lowest BCUT2D eigenvalue weighted by Crippen LogP contribution is -3.00. The van der Waals surface area contributed by atoms with Gasteiger partial charge in [-0.25, -0.2) is 0 Å². The number of anilines is 1. The van der Waals surface area contributed by atoms with Gasteiger partial charge in [-0.2, -0.15) is 0 Å². The van der Waals surface area contributed by atoms with Gasteiger partial charge in [0.05, 0.1) is 44.2 Å². The molecule has 1 saturated carbocycles. The van der Waals surface area contributed by atoms with Gasteiger partial charge in [0.2, 0.25) is 5.91 Å². The number of quaternary nitrogens is 1. The van der Waals surface area contributed by atoms with E-state index in [1.807, 2.05) is 0 Å². The summed E-state index contributed by atoms with van der Waals surface area (Å²) >= 11 is 0. The zero-order valence-electron chi connectivity index (χ0n) is 15.6. The van der Waals surface area contributed by atoms with Gasteiger partial charge in [0.1, 0.15) is 12.6 Å². The number of rotatable bonds is 0. The van der Waals surface area contributed by atoms with Crippen molar-refractivity contribution in [3.05, 3.63) is 41.5 Å². The van der Waals surface area contributed by atoms with Gasteiger partial charge in [0.25, 0.3) is 0 Å². The van der Waals surface area contributed by atoms with E-state index in [4.69, 9.17) is 4.74 Å². The number of para-hydroxylation sites is 1. The first kappa shape index (κ1) is 17.0. The van der Waals surface area contributed by atoms with Crippen LogP contribution in [0.5, 0.6) is 0 Å². The number of ether oxygens (including phenoxy) is 1. The zero-order valence-corrected chi connectivity index (χ0v) is 17.8. The van der Waals surface area contributed by atoms with Crippen LogP contribution in [0.2, 0.25) is 0 Å². The molecule has 0 N–H and O–H groups in total. The maximum Gasteiger partial charge on any atom is 0.229 e. The monoisotopic (exact) mass is 476 g/mol. The highest BCUT2D eigenvalue weighted by atomic mass is 127. The molecule has 1 aromatic rings. The molecule has 5 aliphatic heterocycles. The lowest BCUT2D eigenvalue weighted by Gasteiger charge is -2.59. The van der Waals surface area contributed by atoms with Crippen LogP contribution in [0.15, 0.2) is 35.9 Å². The molecular formula is C22H25IN2O2. The van der Waals surface area contributed by atoms with E-state index in [0.717, 1.165) is 4.48 Å². The maximum absolute atomic E-state index is 13.3. The molecule has 142 valence electrons.